The van der Waals surface area contributed by atoms with E-state index in [4.69, 9.17) is 11.6 Å². The van der Waals surface area contributed by atoms with Gasteiger partial charge in [0.15, 0.2) is 0 Å². The molecule has 2 heterocycles. The van der Waals surface area contributed by atoms with E-state index in [2.05, 4.69) is 38.1 Å². The third-order valence-electron chi connectivity index (χ3n) is 8.13. The monoisotopic (exact) mass is 599 g/mol. The molecule has 5 nitrogen and oxygen atoms in total. The van der Waals surface area contributed by atoms with Crippen LogP contribution in [-0.2, 0) is 11.2 Å². The Bertz CT molecular complexity index is 1480. The number of fused-ring (bicyclic) bond motifs is 1. The molecule has 0 radical (unpaired) electrons. The maximum absolute atomic E-state index is 12.9. The Kier molecular flexibility index (Phi) is 9.33. The van der Waals surface area contributed by atoms with Crippen LogP contribution < -0.4 is 10.1 Å². The van der Waals surface area contributed by atoms with Crippen molar-refractivity contribution in [2.24, 2.45) is 5.92 Å². The number of carbonyl (C=O) groups is 1. The van der Waals surface area contributed by atoms with E-state index in [0.29, 0.717) is 12.3 Å². The number of nitrogens with zero attached hydrogens (tertiary/aromatic N) is 1. The number of piperidine rings is 1. The molecule has 0 bridgehead atoms. The molecular weight excluding hydrogens is 563 g/mol. The lowest BCUT2D eigenvalue weighted by Gasteiger charge is -2.32. The fraction of sp³-hybridized carbons (Fsp3) is 0.424. The highest BCUT2D eigenvalue weighted by molar-refractivity contribution is 6.33. The fourth-order valence-corrected chi connectivity index (χ4v) is 6.16. The van der Waals surface area contributed by atoms with Crippen molar-refractivity contribution in [2.75, 3.05) is 25.0 Å². The molecule has 2 aromatic carbocycles. The third kappa shape index (κ3) is 7.39. The van der Waals surface area contributed by atoms with Crippen molar-refractivity contribution < 1.29 is 22.7 Å². The van der Waals surface area contributed by atoms with Gasteiger partial charge < -0.3 is 19.9 Å². The number of rotatable bonds is 9. The molecular formula is C33H37ClF3N3O2. The lowest BCUT2D eigenvalue weighted by Crippen LogP contribution is -2.33. The Morgan fingerprint density at radius 2 is 1.95 bits per heavy atom. The first kappa shape index (κ1) is 30.2. The van der Waals surface area contributed by atoms with Crippen LogP contribution in [0.5, 0.6) is 5.75 Å². The minimum atomic E-state index is -4.75. The normalized spacial score (nSPS) is 16.9. The van der Waals surface area contributed by atoms with E-state index in [1.165, 1.54) is 17.7 Å². The summed E-state index contributed by atoms with van der Waals surface area (Å²) >= 11 is 6.61. The number of benzene rings is 2. The lowest BCUT2D eigenvalue weighted by molar-refractivity contribution is -0.274. The summed E-state index contributed by atoms with van der Waals surface area (Å²) in [7, 11) is 0. The Hall–Kier alpha value is -3.23. The maximum atomic E-state index is 12.9. The highest BCUT2D eigenvalue weighted by atomic mass is 35.5. The molecule has 1 amide bonds. The second-order valence-electron chi connectivity index (χ2n) is 11.5. The first-order valence-corrected chi connectivity index (χ1v) is 15.0. The summed E-state index contributed by atoms with van der Waals surface area (Å²) in [5.74, 6) is 0.162. The molecule has 224 valence electrons. The number of aromatic amines is 1. The van der Waals surface area contributed by atoms with Gasteiger partial charge in [0.25, 0.3) is 0 Å². The molecule has 1 aromatic heterocycles. The number of aromatic nitrogens is 1. The van der Waals surface area contributed by atoms with E-state index in [-0.39, 0.29) is 17.6 Å². The summed E-state index contributed by atoms with van der Waals surface area (Å²) in [4.78, 5) is 18.0. The number of nitrogens with one attached hydrogen (secondary N) is 2. The highest BCUT2D eigenvalue weighted by Crippen LogP contribution is 2.37. The number of aryl methyl sites for hydroxylation is 1. The number of anilines is 1. The summed E-state index contributed by atoms with van der Waals surface area (Å²) in [5.41, 5.74) is 5.60. The average Bonchev–Trinajstić information content (AvgIpc) is 3.30. The molecule has 9 heteroatoms. The largest absolute Gasteiger partial charge is 0.573 e. The number of amides is 1. The van der Waals surface area contributed by atoms with E-state index < -0.39 is 6.36 Å². The SMILES string of the molecule is CC(C)C(=O)Nc1cccc(C2CCN(CCCc3c(C4=C(Cl)CCC=C4)[nH]c4ccc(OC(F)(F)F)cc34)CC2)c1. The van der Waals surface area contributed by atoms with Crippen molar-refractivity contribution in [1.29, 1.82) is 0 Å². The molecule has 2 aliphatic rings. The quantitative estimate of drug-likeness (QED) is 0.258. The van der Waals surface area contributed by atoms with Crippen LogP contribution in [0.2, 0.25) is 0 Å². The van der Waals surface area contributed by atoms with Crippen LogP contribution in [0.25, 0.3) is 16.5 Å². The van der Waals surface area contributed by atoms with Gasteiger partial charge in [-0.25, -0.2) is 0 Å². The Balaban J connectivity index is 1.25. The molecule has 1 fully saturated rings. The lowest BCUT2D eigenvalue weighted by atomic mass is 9.89. The van der Waals surface area contributed by atoms with E-state index in [9.17, 15) is 18.0 Å². The van der Waals surface area contributed by atoms with E-state index in [1.54, 1.807) is 6.07 Å². The van der Waals surface area contributed by atoms with Gasteiger partial charge in [0, 0.05) is 33.1 Å². The summed E-state index contributed by atoms with van der Waals surface area (Å²) < 4.78 is 43.1. The summed E-state index contributed by atoms with van der Waals surface area (Å²) in [5, 5.41) is 4.48. The predicted octanol–water partition coefficient (Wildman–Crippen LogP) is 8.77. The van der Waals surface area contributed by atoms with Gasteiger partial charge in [-0.1, -0.05) is 49.7 Å². The molecule has 1 saturated heterocycles. The van der Waals surface area contributed by atoms with Crippen LogP contribution in [0.4, 0.5) is 18.9 Å². The van der Waals surface area contributed by atoms with Crippen LogP contribution in [0.15, 0.2) is 59.6 Å². The van der Waals surface area contributed by atoms with Crippen molar-refractivity contribution in [1.82, 2.24) is 9.88 Å². The van der Waals surface area contributed by atoms with Gasteiger partial charge in [0.05, 0.1) is 5.69 Å². The van der Waals surface area contributed by atoms with E-state index >= 15 is 0 Å². The zero-order valence-electron chi connectivity index (χ0n) is 24.0. The van der Waals surface area contributed by atoms with Crippen molar-refractivity contribution in [3.05, 3.63) is 76.5 Å². The van der Waals surface area contributed by atoms with Gasteiger partial charge in [0.1, 0.15) is 5.75 Å². The molecule has 2 N–H and O–H groups in total. The number of ether oxygens (including phenoxy) is 1. The number of hydrogen-bond donors (Lipinski definition) is 2. The fourth-order valence-electron chi connectivity index (χ4n) is 5.90. The van der Waals surface area contributed by atoms with Crippen LogP contribution in [0.1, 0.15) is 68.7 Å². The average molecular weight is 600 g/mol. The second-order valence-corrected chi connectivity index (χ2v) is 11.9. The zero-order valence-corrected chi connectivity index (χ0v) is 24.7. The van der Waals surface area contributed by atoms with Crippen molar-refractivity contribution in [2.45, 2.75) is 64.7 Å². The summed E-state index contributed by atoms with van der Waals surface area (Å²) in [6, 6.07) is 12.6. The van der Waals surface area contributed by atoms with Gasteiger partial charge >= 0.3 is 6.36 Å². The molecule has 42 heavy (non-hydrogen) atoms. The molecule has 1 aliphatic heterocycles. The van der Waals surface area contributed by atoms with Crippen LogP contribution in [0.3, 0.4) is 0 Å². The minimum Gasteiger partial charge on any atom is -0.406 e. The predicted molar refractivity (Wildman–Crippen MR) is 163 cm³/mol. The maximum Gasteiger partial charge on any atom is 0.573 e. The molecule has 0 spiro atoms. The number of allylic oxidation sites excluding steroid dienone is 4. The van der Waals surface area contributed by atoms with Crippen LogP contribution in [0, 0.1) is 5.92 Å². The molecule has 5 rings (SSSR count). The molecule has 0 unspecified atom stereocenters. The molecule has 3 aromatic rings. The molecule has 1 aliphatic carbocycles. The van der Waals surface area contributed by atoms with Crippen molar-refractivity contribution in [3.8, 4) is 5.75 Å². The van der Waals surface area contributed by atoms with Crippen molar-refractivity contribution in [3.63, 3.8) is 0 Å². The Morgan fingerprint density at radius 1 is 1.17 bits per heavy atom. The number of likely N-dealkylation sites (tertiary alicyclic amines) is 1. The molecule has 0 saturated carbocycles. The number of halogens is 4. The van der Waals surface area contributed by atoms with Gasteiger partial charge in [-0.15, -0.1) is 13.2 Å². The van der Waals surface area contributed by atoms with Crippen molar-refractivity contribution >= 4 is 39.7 Å². The first-order valence-electron chi connectivity index (χ1n) is 14.7. The number of hydrogen-bond acceptors (Lipinski definition) is 3. The van der Waals surface area contributed by atoms with Gasteiger partial charge in [-0.05, 0) is 106 Å². The van der Waals surface area contributed by atoms with Gasteiger partial charge in [-0.3, -0.25) is 4.79 Å². The smallest absolute Gasteiger partial charge is 0.406 e. The van der Waals surface area contributed by atoms with Crippen LogP contribution >= 0.6 is 11.6 Å². The highest BCUT2D eigenvalue weighted by Gasteiger charge is 2.31. The number of H-pyrrole nitrogens is 1. The number of carbonyl (C=O) groups excluding carboxylic acids is 1. The van der Waals surface area contributed by atoms with Gasteiger partial charge in [-0.2, -0.15) is 0 Å². The summed E-state index contributed by atoms with van der Waals surface area (Å²) in [6.07, 6.45) is 4.57. The number of alkyl halides is 3. The van der Waals surface area contributed by atoms with Crippen LogP contribution in [-0.4, -0.2) is 41.8 Å². The Morgan fingerprint density at radius 3 is 2.67 bits per heavy atom. The van der Waals surface area contributed by atoms with Gasteiger partial charge in [0.2, 0.25) is 5.91 Å². The topological polar surface area (TPSA) is 57.4 Å². The standard InChI is InChI=1S/C33H37ClF3N3O2/c1-21(2)32(41)38-24-8-5-7-23(19-24)22-14-17-40(18-15-22)16-6-10-26-28-20-25(42-33(35,36)37)12-13-30(28)39-31(26)27-9-3-4-11-29(27)34/h3,5,7-9,12-13,19-22,39H,4,6,10-11,14-18H2,1-2H3,(H,38,41). The van der Waals surface area contributed by atoms with E-state index in [1.807, 2.05) is 32.1 Å². The second kappa shape index (κ2) is 13.0. The zero-order chi connectivity index (χ0) is 29.9. The van der Waals surface area contributed by atoms with E-state index in [0.717, 1.165) is 90.2 Å². The Labute approximate surface area is 249 Å². The minimum absolute atomic E-state index is 0.0162. The molecule has 0 atom stereocenters. The first-order chi connectivity index (χ1) is 20.1. The third-order valence-corrected chi connectivity index (χ3v) is 8.52. The summed E-state index contributed by atoms with van der Waals surface area (Å²) in [6.45, 7) is 6.60.